The smallest absolute Gasteiger partial charge is 0.323 e. The molecule has 0 fully saturated rings. The monoisotopic (exact) mass is 371 g/mol. The average Bonchev–Trinajstić information content (AvgIpc) is 2.67. The topological polar surface area (TPSA) is 52.3 Å². The molecule has 1 unspecified atom stereocenters. The Hall–Kier alpha value is -2.13. The van der Waals surface area contributed by atoms with E-state index in [1.165, 1.54) is 0 Å². The van der Waals surface area contributed by atoms with Crippen molar-refractivity contribution in [3.63, 3.8) is 0 Å². The van der Waals surface area contributed by atoms with Crippen molar-refractivity contribution in [2.75, 3.05) is 6.61 Å². The predicted molar refractivity (Wildman–Crippen MR) is 117 cm³/mol. The Labute approximate surface area is 166 Å². The van der Waals surface area contributed by atoms with Gasteiger partial charge in [0, 0.05) is 0 Å². The third kappa shape index (κ3) is 18.5. The van der Waals surface area contributed by atoms with Crippen LogP contribution in [0.1, 0.15) is 58.8 Å². The molecule has 150 valence electrons. The molecule has 27 heavy (non-hydrogen) atoms. The quantitative estimate of drug-likeness (QED) is 0.285. The molecule has 0 rings (SSSR count). The summed E-state index contributed by atoms with van der Waals surface area (Å²) in [6.07, 6.45) is 32.2. The van der Waals surface area contributed by atoms with Crippen molar-refractivity contribution in [3.05, 3.63) is 72.9 Å². The number of carbonyl (C=O) groups is 1. The van der Waals surface area contributed by atoms with E-state index in [0.717, 1.165) is 38.5 Å². The van der Waals surface area contributed by atoms with E-state index in [1.807, 2.05) is 12.2 Å². The molecule has 0 saturated carbocycles. The maximum absolute atomic E-state index is 11.3. The molecule has 3 heteroatoms. The molecule has 3 nitrogen and oxygen atoms in total. The summed E-state index contributed by atoms with van der Waals surface area (Å²) in [5.74, 6) is -0.336. The normalized spacial score (nSPS) is 14.0. The minimum absolute atomic E-state index is 0.336. The van der Waals surface area contributed by atoms with Crippen LogP contribution in [0.4, 0.5) is 0 Å². The van der Waals surface area contributed by atoms with Gasteiger partial charge in [-0.3, -0.25) is 4.79 Å². The van der Waals surface area contributed by atoms with Crippen molar-refractivity contribution in [1.82, 2.24) is 0 Å². The molecule has 0 aromatic carbocycles. The summed E-state index contributed by atoms with van der Waals surface area (Å²) in [7, 11) is 0. The van der Waals surface area contributed by atoms with Crippen LogP contribution < -0.4 is 5.73 Å². The van der Waals surface area contributed by atoms with Crippen molar-refractivity contribution in [1.29, 1.82) is 0 Å². The average molecular weight is 372 g/mol. The molecule has 0 spiro atoms. The number of ether oxygens (including phenoxy) is 1. The highest BCUT2D eigenvalue weighted by atomic mass is 16.5. The van der Waals surface area contributed by atoms with Gasteiger partial charge in [0.25, 0.3) is 0 Å². The van der Waals surface area contributed by atoms with E-state index in [2.05, 4.69) is 67.7 Å². The number of esters is 1. The second-order valence-corrected chi connectivity index (χ2v) is 6.01. The van der Waals surface area contributed by atoms with E-state index in [4.69, 9.17) is 10.5 Å². The minimum atomic E-state index is -0.561. The summed E-state index contributed by atoms with van der Waals surface area (Å²) in [6, 6.07) is -0.561. The number of hydrogen-bond acceptors (Lipinski definition) is 3. The Morgan fingerprint density at radius 3 is 1.44 bits per heavy atom. The highest BCUT2D eigenvalue weighted by Crippen LogP contribution is 1.98. The first-order chi connectivity index (χ1) is 13.2. The predicted octanol–water partition coefficient (Wildman–Crippen LogP) is 5.96. The minimum Gasteiger partial charge on any atom is -0.465 e. The summed E-state index contributed by atoms with van der Waals surface area (Å²) in [6.45, 7) is 4.30. The summed E-state index contributed by atoms with van der Waals surface area (Å²) in [5.41, 5.74) is 5.71. The maximum atomic E-state index is 11.3. The first-order valence-electron chi connectivity index (χ1n) is 10.0. The van der Waals surface area contributed by atoms with Crippen LogP contribution in [0.3, 0.4) is 0 Å². The van der Waals surface area contributed by atoms with E-state index in [9.17, 15) is 4.79 Å². The second kappa shape index (κ2) is 20.2. The summed E-state index contributed by atoms with van der Waals surface area (Å²) < 4.78 is 4.86. The van der Waals surface area contributed by atoms with Crippen molar-refractivity contribution in [2.24, 2.45) is 5.73 Å². The fourth-order valence-electron chi connectivity index (χ4n) is 2.11. The third-order valence-corrected chi connectivity index (χ3v) is 3.58. The van der Waals surface area contributed by atoms with Crippen molar-refractivity contribution >= 4 is 5.97 Å². The van der Waals surface area contributed by atoms with Crippen LogP contribution in [0.5, 0.6) is 0 Å². The Bertz CT molecular complexity index is 524. The molecule has 0 radical (unpaired) electrons. The lowest BCUT2D eigenvalue weighted by molar-refractivity contribution is -0.144. The lowest BCUT2D eigenvalue weighted by Gasteiger charge is -2.06. The van der Waals surface area contributed by atoms with Crippen molar-refractivity contribution < 1.29 is 9.53 Å². The maximum Gasteiger partial charge on any atom is 0.323 e. The van der Waals surface area contributed by atoms with Crippen LogP contribution in [0, 0.1) is 0 Å². The molecule has 0 bridgehead atoms. The van der Waals surface area contributed by atoms with E-state index in [1.54, 1.807) is 6.92 Å². The van der Waals surface area contributed by atoms with Gasteiger partial charge in [-0.1, -0.05) is 79.8 Å². The fraction of sp³-hybridized carbons (Fsp3) is 0.458. The standard InChI is InChI=1S/C24H37NO2/c1-3-5-6-7-8-9-10-11-12-13-14-15-16-17-18-19-20-21-22-23(25)24(26)27-4-2/h5-6,8-9,11-12,14-15,17-18,20-21,23H,3-4,7,10,13,16,19,22,25H2,1-2H3/b6-5-,9-8-,12-11-,15-14-,18-17-,21-20-. The number of rotatable bonds is 15. The fourth-order valence-corrected chi connectivity index (χ4v) is 2.11. The molecular weight excluding hydrogens is 334 g/mol. The number of hydrogen-bond donors (Lipinski definition) is 1. The third-order valence-electron chi connectivity index (χ3n) is 3.58. The Morgan fingerprint density at radius 1 is 0.704 bits per heavy atom. The molecule has 0 aromatic rings. The van der Waals surface area contributed by atoms with Crippen LogP contribution in [-0.4, -0.2) is 18.6 Å². The molecule has 0 aromatic heterocycles. The Morgan fingerprint density at radius 2 is 1.07 bits per heavy atom. The first kappa shape index (κ1) is 24.9. The van der Waals surface area contributed by atoms with E-state index >= 15 is 0 Å². The summed E-state index contributed by atoms with van der Waals surface area (Å²) in [4.78, 5) is 11.3. The van der Waals surface area contributed by atoms with Crippen molar-refractivity contribution in [3.8, 4) is 0 Å². The number of nitrogens with two attached hydrogens (primary N) is 1. The molecule has 0 heterocycles. The summed E-state index contributed by atoms with van der Waals surface area (Å²) >= 11 is 0. The SMILES string of the molecule is CC/C=C\C/C=C\C/C=C\C/C=C\C/C=C\C/C=C\CC(N)C(=O)OCC. The van der Waals surface area contributed by atoms with Crippen LogP contribution in [-0.2, 0) is 9.53 Å². The molecule has 0 aliphatic rings. The van der Waals surface area contributed by atoms with Crippen LogP contribution >= 0.6 is 0 Å². The van der Waals surface area contributed by atoms with Gasteiger partial charge >= 0.3 is 5.97 Å². The zero-order valence-corrected chi connectivity index (χ0v) is 17.1. The lowest BCUT2D eigenvalue weighted by Crippen LogP contribution is -2.31. The largest absolute Gasteiger partial charge is 0.465 e. The van der Waals surface area contributed by atoms with Crippen LogP contribution in [0.2, 0.25) is 0 Å². The molecule has 0 amide bonds. The number of allylic oxidation sites excluding steroid dienone is 11. The van der Waals surface area contributed by atoms with Crippen LogP contribution in [0.25, 0.3) is 0 Å². The van der Waals surface area contributed by atoms with Gasteiger partial charge in [0.2, 0.25) is 0 Å². The molecule has 1 atom stereocenters. The lowest BCUT2D eigenvalue weighted by atomic mass is 10.2. The zero-order chi connectivity index (χ0) is 20.0. The molecule has 0 saturated heterocycles. The van der Waals surface area contributed by atoms with Gasteiger partial charge in [-0.05, 0) is 51.9 Å². The van der Waals surface area contributed by atoms with Crippen LogP contribution in [0.15, 0.2) is 72.9 Å². The van der Waals surface area contributed by atoms with E-state index < -0.39 is 6.04 Å². The zero-order valence-electron chi connectivity index (χ0n) is 17.1. The van der Waals surface area contributed by atoms with E-state index in [-0.39, 0.29) is 5.97 Å². The Balaban J connectivity index is 3.65. The summed E-state index contributed by atoms with van der Waals surface area (Å²) in [5, 5.41) is 0. The molecule has 2 N–H and O–H groups in total. The van der Waals surface area contributed by atoms with Gasteiger partial charge < -0.3 is 10.5 Å². The molecule has 0 aliphatic heterocycles. The van der Waals surface area contributed by atoms with Crippen molar-refractivity contribution in [2.45, 2.75) is 64.8 Å². The second-order valence-electron chi connectivity index (χ2n) is 6.01. The van der Waals surface area contributed by atoms with Gasteiger partial charge in [0.1, 0.15) is 6.04 Å². The van der Waals surface area contributed by atoms with Gasteiger partial charge in [-0.15, -0.1) is 0 Å². The number of carbonyl (C=O) groups excluding carboxylic acids is 1. The highest BCUT2D eigenvalue weighted by molar-refractivity contribution is 5.75. The first-order valence-corrected chi connectivity index (χ1v) is 10.0. The van der Waals surface area contributed by atoms with Gasteiger partial charge in [-0.2, -0.15) is 0 Å². The van der Waals surface area contributed by atoms with Gasteiger partial charge in [-0.25, -0.2) is 0 Å². The van der Waals surface area contributed by atoms with E-state index in [0.29, 0.717) is 13.0 Å². The molecule has 0 aliphatic carbocycles. The Kier molecular flexibility index (Phi) is 18.6. The van der Waals surface area contributed by atoms with Gasteiger partial charge in [0.15, 0.2) is 0 Å². The van der Waals surface area contributed by atoms with Gasteiger partial charge in [0.05, 0.1) is 6.61 Å². The molecular formula is C24H37NO2. The highest BCUT2D eigenvalue weighted by Gasteiger charge is 2.11.